The zero-order valence-corrected chi connectivity index (χ0v) is 12.1. The van der Waals surface area contributed by atoms with Crippen molar-refractivity contribution in [1.29, 1.82) is 0 Å². The Kier molecular flexibility index (Phi) is 2.97. The minimum absolute atomic E-state index is 0.0360. The van der Waals surface area contributed by atoms with Crippen molar-refractivity contribution in [3.63, 3.8) is 0 Å². The third-order valence-corrected chi connectivity index (χ3v) is 3.74. The van der Waals surface area contributed by atoms with Gasteiger partial charge < -0.3 is 5.11 Å². The lowest BCUT2D eigenvalue weighted by molar-refractivity contribution is 0.0691. The number of carboxylic acids is 1. The zero-order valence-electron chi connectivity index (χ0n) is 12.1. The lowest BCUT2D eigenvalue weighted by Crippen LogP contribution is -1.99. The number of hydrogen-bond donors (Lipinski definition) is 1. The number of rotatable bonds is 2. The number of nitrogens with zero attached hydrogens (tertiary/aromatic N) is 3. The smallest absolute Gasteiger partial charge is 0.357 e. The number of benzene rings is 1. The highest BCUT2D eigenvalue weighted by Gasteiger charge is 2.19. The first kappa shape index (κ1) is 13.3. The molecular formula is C16H15N3O2. The van der Waals surface area contributed by atoms with E-state index in [4.69, 9.17) is 0 Å². The predicted molar refractivity (Wildman–Crippen MR) is 80.4 cm³/mol. The van der Waals surface area contributed by atoms with Gasteiger partial charge in [0.25, 0.3) is 0 Å². The molecule has 5 heteroatoms. The first-order chi connectivity index (χ1) is 9.99. The fourth-order valence-electron chi connectivity index (χ4n) is 2.48. The molecule has 3 rings (SSSR count). The predicted octanol–water partition coefficient (Wildman–Crippen LogP) is 2.95. The van der Waals surface area contributed by atoms with Gasteiger partial charge in [0.15, 0.2) is 11.3 Å². The van der Waals surface area contributed by atoms with Crippen molar-refractivity contribution < 1.29 is 9.90 Å². The van der Waals surface area contributed by atoms with E-state index in [1.165, 1.54) is 15.8 Å². The van der Waals surface area contributed by atoms with E-state index >= 15 is 0 Å². The van der Waals surface area contributed by atoms with Gasteiger partial charge in [-0.2, -0.15) is 5.10 Å². The third kappa shape index (κ3) is 2.07. The summed E-state index contributed by atoms with van der Waals surface area (Å²) in [7, 11) is 1.70. The number of hydrogen-bond acceptors (Lipinski definition) is 3. The van der Waals surface area contributed by atoms with E-state index in [2.05, 4.69) is 16.1 Å². The van der Waals surface area contributed by atoms with E-state index in [9.17, 15) is 9.90 Å². The van der Waals surface area contributed by atoms with Crippen LogP contribution in [0.4, 0.5) is 0 Å². The fraction of sp³-hybridized carbons (Fsp3) is 0.188. The van der Waals surface area contributed by atoms with E-state index in [-0.39, 0.29) is 5.69 Å². The van der Waals surface area contributed by atoms with Crippen LogP contribution in [-0.4, -0.2) is 25.8 Å². The van der Waals surface area contributed by atoms with Crippen LogP contribution in [-0.2, 0) is 7.05 Å². The topological polar surface area (TPSA) is 68.0 Å². The summed E-state index contributed by atoms with van der Waals surface area (Å²) < 4.78 is 1.50. The summed E-state index contributed by atoms with van der Waals surface area (Å²) in [6, 6.07) is 7.92. The standard InChI is InChI=1S/C16H15N3O2/c1-9-4-5-11(8-10(9)2)12-6-7-17-15-13(12)14(16(20)21)18-19(15)3/h4-8H,1-3H3,(H,20,21). The van der Waals surface area contributed by atoms with Crippen LogP contribution in [0.25, 0.3) is 22.2 Å². The lowest BCUT2D eigenvalue weighted by atomic mass is 9.98. The van der Waals surface area contributed by atoms with Crippen LogP contribution in [0.3, 0.4) is 0 Å². The van der Waals surface area contributed by atoms with Crippen LogP contribution in [0.2, 0.25) is 0 Å². The van der Waals surface area contributed by atoms with E-state index in [1.54, 1.807) is 13.2 Å². The lowest BCUT2D eigenvalue weighted by Gasteiger charge is -2.07. The monoisotopic (exact) mass is 281 g/mol. The van der Waals surface area contributed by atoms with Crippen LogP contribution in [0.15, 0.2) is 30.5 Å². The molecule has 0 unspecified atom stereocenters. The van der Waals surface area contributed by atoms with Crippen molar-refractivity contribution in [2.24, 2.45) is 7.05 Å². The van der Waals surface area contributed by atoms with Gasteiger partial charge in [0, 0.05) is 13.2 Å². The molecular weight excluding hydrogens is 266 g/mol. The molecule has 0 aliphatic heterocycles. The average Bonchev–Trinajstić information content (AvgIpc) is 2.80. The normalized spacial score (nSPS) is 11.0. The summed E-state index contributed by atoms with van der Waals surface area (Å²) in [5.41, 5.74) is 4.79. The Labute approximate surface area is 121 Å². The van der Waals surface area contributed by atoms with Crippen molar-refractivity contribution in [3.8, 4) is 11.1 Å². The summed E-state index contributed by atoms with van der Waals surface area (Å²) in [5, 5.41) is 14.0. The number of aromatic nitrogens is 3. The Morgan fingerprint density at radius 1 is 1.19 bits per heavy atom. The summed E-state index contributed by atoms with van der Waals surface area (Å²) in [6.45, 7) is 4.09. The molecule has 0 spiro atoms. The molecule has 2 heterocycles. The number of aromatic carboxylic acids is 1. The van der Waals surface area contributed by atoms with Gasteiger partial charge in [-0.15, -0.1) is 0 Å². The Hall–Kier alpha value is -2.69. The molecule has 2 aromatic heterocycles. The minimum Gasteiger partial charge on any atom is -0.476 e. The molecule has 0 fully saturated rings. The van der Waals surface area contributed by atoms with Gasteiger partial charge in [-0.3, -0.25) is 0 Å². The largest absolute Gasteiger partial charge is 0.476 e. The minimum atomic E-state index is -1.04. The summed E-state index contributed by atoms with van der Waals surface area (Å²) >= 11 is 0. The quantitative estimate of drug-likeness (QED) is 0.784. The number of fused-ring (bicyclic) bond motifs is 1. The van der Waals surface area contributed by atoms with Gasteiger partial charge in [0.2, 0.25) is 0 Å². The molecule has 106 valence electrons. The van der Waals surface area contributed by atoms with Gasteiger partial charge in [-0.1, -0.05) is 18.2 Å². The molecule has 0 saturated heterocycles. The van der Waals surface area contributed by atoms with E-state index in [0.29, 0.717) is 11.0 Å². The molecule has 0 amide bonds. The maximum Gasteiger partial charge on any atom is 0.357 e. The second-order valence-electron chi connectivity index (χ2n) is 5.13. The molecule has 3 aromatic rings. The number of carbonyl (C=O) groups is 1. The summed E-state index contributed by atoms with van der Waals surface area (Å²) in [4.78, 5) is 15.7. The molecule has 0 aliphatic carbocycles. The maximum atomic E-state index is 11.4. The molecule has 0 radical (unpaired) electrons. The molecule has 0 bridgehead atoms. The SMILES string of the molecule is Cc1ccc(-c2ccnc3c2c(C(=O)O)nn3C)cc1C. The van der Waals surface area contributed by atoms with Gasteiger partial charge >= 0.3 is 5.97 Å². The Balaban J connectivity index is 2.37. The van der Waals surface area contributed by atoms with Crippen LogP contribution in [0.1, 0.15) is 21.6 Å². The number of pyridine rings is 1. The first-order valence-corrected chi connectivity index (χ1v) is 6.61. The second-order valence-corrected chi connectivity index (χ2v) is 5.13. The average molecular weight is 281 g/mol. The first-order valence-electron chi connectivity index (χ1n) is 6.61. The van der Waals surface area contributed by atoms with Crippen LogP contribution >= 0.6 is 0 Å². The van der Waals surface area contributed by atoms with E-state index in [0.717, 1.165) is 11.1 Å². The highest BCUT2D eigenvalue weighted by atomic mass is 16.4. The summed E-state index contributed by atoms with van der Waals surface area (Å²) in [6.07, 6.45) is 1.68. The molecule has 0 saturated carbocycles. The van der Waals surface area contributed by atoms with E-state index < -0.39 is 5.97 Å². The van der Waals surface area contributed by atoms with Crippen LogP contribution in [0.5, 0.6) is 0 Å². The van der Waals surface area contributed by atoms with Crippen molar-refractivity contribution in [3.05, 3.63) is 47.3 Å². The molecule has 1 aromatic carbocycles. The summed E-state index contributed by atoms with van der Waals surface area (Å²) in [5.74, 6) is -1.04. The molecule has 0 aliphatic rings. The zero-order chi connectivity index (χ0) is 15.1. The third-order valence-electron chi connectivity index (χ3n) is 3.74. The molecule has 21 heavy (non-hydrogen) atoms. The van der Waals surface area contributed by atoms with Gasteiger partial charge in [0.1, 0.15) is 0 Å². The van der Waals surface area contributed by atoms with Crippen molar-refractivity contribution >= 4 is 17.0 Å². The number of aryl methyl sites for hydroxylation is 3. The Bertz CT molecular complexity index is 865. The van der Waals surface area contributed by atoms with Crippen LogP contribution in [0, 0.1) is 13.8 Å². The van der Waals surface area contributed by atoms with Gasteiger partial charge in [-0.25, -0.2) is 14.5 Å². The van der Waals surface area contributed by atoms with Crippen LogP contribution < -0.4 is 0 Å². The number of carboxylic acid groups (broad SMARTS) is 1. The maximum absolute atomic E-state index is 11.4. The molecule has 1 N–H and O–H groups in total. The van der Waals surface area contributed by atoms with E-state index in [1.807, 2.05) is 32.0 Å². The van der Waals surface area contributed by atoms with Crippen molar-refractivity contribution in [1.82, 2.24) is 14.8 Å². The molecule has 0 atom stereocenters. The fourth-order valence-corrected chi connectivity index (χ4v) is 2.48. The second kappa shape index (κ2) is 4.70. The van der Waals surface area contributed by atoms with Gasteiger partial charge in [0.05, 0.1) is 5.39 Å². The highest BCUT2D eigenvalue weighted by Crippen LogP contribution is 2.30. The van der Waals surface area contributed by atoms with Crippen molar-refractivity contribution in [2.45, 2.75) is 13.8 Å². The van der Waals surface area contributed by atoms with Crippen molar-refractivity contribution in [2.75, 3.05) is 0 Å². The Morgan fingerprint density at radius 2 is 1.95 bits per heavy atom. The molecule has 5 nitrogen and oxygen atoms in total. The Morgan fingerprint density at radius 3 is 2.62 bits per heavy atom. The van der Waals surface area contributed by atoms with Gasteiger partial charge in [-0.05, 0) is 42.2 Å². The highest BCUT2D eigenvalue weighted by molar-refractivity contribution is 6.06.